The molecule has 2 unspecified atom stereocenters. The van der Waals surface area contributed by atoms with Crippen molar-refractivity contribution in [1.82, 2.24) is 14.9 Å². The zero-order chi connectivity index (χ0) is 16.5. The van der Waals surface area contributed by atoms with Crippen molar-refractivity contribution in [2.24, 2.45) is 0 Å². The molecule has 0 spiro atoms. The van der Waals surface area contributed by atoms with Gasteiger partial charge in [0.2, 0.25) is 0 Å². The number of nitrogens with one attached hydrogen (secondary N) is 1. The van der Waals surface area contributed by atoms with Gasteiger partial charge in [-0.25, -0.2) is 4.98 Å². The fraction of sp³-hybridized carbons (Fsp3) is 0.158. The maximum Gasteiger partial charge on any atom is 0.251 e. The van der Waals surface area contributed by atoms with Crippen LogP contribution in [0, 0.1) is 0 Å². The van der Waals surface area contributed by atoms with Crippen LogP contribution in [0.15, 0.2) is 67.3 Å². The number of nitrogens with zero attached hydrogens (tertiary/aromatic N) is 2. The first-order chi connectivity index (χ1) is 11.7. The van der Waals surface area contributed by atoms with Crippen molar-refractivity contribution in [2.75, 3.05) is 0 Å². The van der Waals surface area contributed by atoms with E-state index >= 15 is 0 Å². The molecule has 0 bridgehead atoms. The number of rotatable bonds is 3. The highest BCUT2D eigenvalue weighted by atomic mass is 16.3. The van der Waals surface area contributed by atoms with E-state index in [1.807, 2.05) is 47.2 Å². The number of aromatic nitrogens is 2. The summed E-state index contributed by atoms with van der Waals surface area (Å²) in [7, 11) is 0. The molecule has 1 heterocycles. The molecular formula is C19H17N3O2. The second-order valence-electron chi connectivity index (χ2n) is 5.94. The first kappa shape index (κ1) is 14.7. The van der Waals surface area contributed by atoms with Crippen molar-refractivity contribution in [3.05, 3.63) is 83.9 Å². The van der Waals surface area contributed by atoms with Crippen LogP contribution in [0.1, 0.15) is 27.5 Å². The van der Waals surface area contributed by atoms with Crippen LogP contribution >= 0.6 is 0 Å². The SMILES string of the molecule is O=C(NC1c2ccccc2CC1O)c1ccc(-n2ccnc2)cc1. The average molecular weight is 319 g/mol. The number of aliphatic hydroxyl groups is 1. The Hall–Kier alpha value is -2.92. The summed E-state index contributed by atoms with van der Waals surface area (Å²) in [6.45, 7) is 0. The monoisotopic (exact) mass is 319 g/mol. The number of hydrogen-bond donors (Lipinski definition) is 2. The lowest BCUT2D eigenvalue weighted by molar-refractivity contribution is 0.0858. The second-order valence-corrected chi connectivity index (χ2v) is 5.94. The molecule has 1 amide bonds. The Morgan fingerprint density at radius 1 is 1.17 bits per heavy atom. The number of amides is 1. The van der Waals surface area contributed by atoms with E-state index in [0.29, 0.717) is 12.0 Å². The van der Waals surface area contributed by atoms with E-state index in [9.17, 15) is 9.90 Å². The topological polar surface area (TPSA) is 67.2 Å². The maximum atomic E-state index is 12.5. The molecule has 2 N–H and O–H groups in total. The van der Waals surface area contributed by atoms with E-state index in [1.54, 1.807) is 24.7 Å². The van der Waals surface area contributed by atoms with Crippen LogP contribution in [-0.4, -0.2) is 26.7 Å². The molecule has 24 heavy (non-hydrogen) atoms. The van der Waals surface area contributed by atoms with Crippen molar-refractivity contribution in [3.63, 3.8) is 0 Å². The van der Waals surface area contributed by atoms with Crippen LogP contribution in [0.5, 0.6) is 0 Å². The molecule has 5 heteroatoms. The van der Waals surface area contributed by atoms with Gasteiger partial charge in [-0.1, -0.05) is 24.3 Å². The molecule has 120 valence electrons. The normalized spacial score (nSPS) is 19.0. The molecule has 0 saturated carbocycles. The van der Waals surface area contributed by atoms with E-state index in [2.05, 4.69) is 10.3 Å². The van der Waals surface area contributed by atoms with Crippen molar-refractivity contribution >= 4 is 5.91 Å². The minimum atomic E-state index is -0.587. The molecule has 5 nitrogen and oxygen atoms in total. The Balaban J connectivity index is 1.52. The summed E-state index contributed by atoms with van der Waals surface area (Å²) in [4.78, 5) is 16.5. The van der Waals surface area contributed by atoms with Gasteiger partial charge in [0, 0.05) is 30.1 Å². The van der Waals surface area contributed by atoms with Gasteiger partial charge >= 0.3 is 0 Å². The highest BCUT2D eigenvalue weighted by Gasteiger charge is 2.31. The third-order valence-electron chi connectivity index (χ3n) is 4.42. The predicted octanol–water partition coefficient (Wildman–Crippen LogP) is 2.26. The third-order valence-corrected chi connectivity index (χ3v) is 4.42. The third kappa shape index (κ3) is 2.59. The van der Waals surface area contributed by atoms with E-state index in [-0.39, 0.29) is 11.9 Å². The zero-order valence-electron chi connectivity index (χ0n) is 13.0. The minimum absolute atomic E-state index is 0.187. The lowest BCUT2D eigenvalue weighted by atomic mass is 10.1. The number of hydrogen-bond acceptors (Lipinski definition) is 3. The summed E-state index contributed by atoms with van der Waals surface area (Å²) in [5.74, 6) is -0.187. The Bertz CT molecular complexity index is 857. The Kier molecular flexibility index (Phi) is 3.63. The van der Waals surface area contributed by atoms with Gasteiger partial charge in [0.25, 0.3) is 5.91 Å². The Morgan fingerprint density at radius 2 is 1.96 bits per heavy atom. The largest absolute Gasteiger partial charge is 0.390 e. The van der Waals surface area contributed by atoms with Crippen molar-refractivity contribution < 1.29 is 9.90 Å². The smallest absolute Gasteiger partial charge is 0.251 e. The van der Waals surface area contributed by atoms with Gasteiger partial charge in [-0.05, 0) is 35.4 Å². The van der Waals surface area contributed by atoms with Crippen LogP contribution in [0.4, 0.5) is 0 Å². The molecule has 1 aliphatic rings. The van der Waals surface area contributed by atoms with E-state index < -0.39 is 6.10 Å². The van der Waals surface area contributed by atoms with E-state index in [4.69, 9.17) is 0 Å². The molecule has 0 radical (unpaired) electrons. The van der Waals surface area contributed by atoms with Crippen molar-refractivity contribution in [1.29, 1.82) is 0 Å². The van der Waals surface area contributed by atoms with Gasteiger partial charge < -0.3 is 15.0 Å². The fourth-order valence-electron chi connectivity index (χ4n) is 3.17. The van der Waals surface area contributed by atoms with Gasteiger partial charge in [-0.15, -0.1) is 0 Å². The summed E-state index contributed by atoms with van der Waals surface area (Å²) in [5.41, 5.74) is 3.59. The van der Waals surface area contributed by atoms with Crippen LogP contribution < -0.4 is 5.32 Å². The average Bonchev–Trinajstić information content (AvgIpc) is 3.24. The highest BCUT2D eigenvalue weighted by molar-refractivity contribution is 5.94. The van der Waals surface area contributed by atoms with Crippen LogP contribution in [-0.2, 0) is 6.42 Å². The molecule has 0 fully saturated rings. The predicted molar refractivity (Wildman–Crippen MR) is 89.9 cm³/mol. The highest BCUT2D eigenvalue weighted by Crippen LogP contribution is 2.31. The van der Waals surface area contributed by atoms with Crippen LogP contribution in [0.3, 0.4) is 0 Å². The van der Waals surface area contributed by atoms with Crippen LogP contribution in [0.2, 0.25) is 0 Å². The molecule has 2 atom stereocenters. The van der Waals surface area contributed by atoms with Gasteiger partial charge in [0.1, 0.15) is 0 Å². The summed E-state index contributed by atoms with van der Waals surface area (Å²) >= 11 is 0. The van der Waals surface area contributed by atoms with Gasteiger partial charge in [0.15, 0.2) is 0 Å². The quantitative estimate of drug-likeness (QED) is 0.778. The molecule has 0 aliphatic heterocycles. The number of carbonyl (C=O) groups is 1. The lowest BCUT2D eigenvalue weighted by Crippen LogP contribution is -2.33. The summed E-state index contributed by atoms with van der Waals surface area (Å²) in [6.07, 6.45) is 5.25. The molecule has 1 aromatic heterocycles. The van der Waals surface area contributed by atoms with Crippen LogP contribution in [0.25, 0.3) is 5.69 Å². The first-order valence-electron chi connectivity index (χ1n) is 7.87. The number of aliphatic hydroxyl groups excluding tert-OH is 1. The summed E-state index contributed by atoms with van der Waals surface area (Å²) in [6, 6.07) is 14.8. The van der Waals surface area contributed by atoms with Gasteiger partial charge in [-0.2, -0.15) is 0 Å². The molecule has 1 aliphatic carbocycles. The lowest BCUT2D eigenvalue weighted by Gasteiger charge is -2.18. The summed E-state index contributed by atoms with van der Waals surface area (Å²) < 4.78 is 1.87. The number of imidazole rings is 1. The number of carbonyl (C=O) groups excluding carboxylic acids is 1. The molecule has 3 aromatic rings. The van der Waals surface area contributed by atoms with Crippen molar-refractivity contribution in [2.45, 2.75) is 18.6 Å². The fourth-order valence-corrected chi connectivity index (χ4v) is 3.17. The number of fused-ring (bicyclic) bond motifs is 1. The van der Waals surface area contributed by atoms with Gasteiger partial charge in [0.05, 0.1) is 18.5 Å². The molecule has 4 rings (SSSR count). The standard InChI is InChI=1S/C19H17N3O2/c23-17-11-14-3-1-2-4-16(14)18(17)21-19(24)13-5-7-15(8-6-13)22-10-9-20-12-22/h1-10,12,17-18,23H,11H2,(H,21,24). The minimum Gasteiger partial charge on any atom is -0.390 e. The van der Waals surface area contributed by atoms with E-state index in [0.717, 1.165) is 16.8 Å². The Labute approximate surface area is 139 Å². The molecule has 2 aromatic carbocycles. The van der Waals surface area contributed by atoms with E-state index in [1.165, 1.54) is 0 Å². The first-order valence-corrected chi connectivity index (χ1v) is 7.87. The molecular weight excluding hydrogens is 302 g/mol. The maximum absolute atomic E-state index is 12.5. The van der Waals surface area contributed by atoms with Crippen molar-refractivity contribution in [3.8, 4) is 5.69 Å². The summed E-state index contributed by atoms with van der Waals surface area (Å²) in [5, 5.41) is 13.2. The molecule has 0 saturated heterocycles. The van der Waals surface area contributed by atoms with Gasteiger partial charge in [-0.3, -0.25) is 4.79 Å². The number of benzene rings is 2. The zero-order valence-corrected chi connectivity index (χ0v) is 13.0. The Morgan fingerprint density at radius 3 is 2.71 bits per heavy atom. The second kappa shape index (κ2) is 5.94.